The summed E-state index contributed by atoms with van der Waals surface area (Å²) in [5, 5.41) is 10.7. The summed E-state index contributed by atoms with van der Waals surface area (Å²) in [6, 6.07) is 32.9. The van der Waals surface area contributed by atoms with Gasteiger partial charge in [0.25, 0.3) is 0 Å². The quantitative estimate of drug-likeness (QED) is 0.0664. The number of methoxy groups -OCH3 is 2. The molecule has 0 amide bonds. The summed E-state index contributed by atoms with van der Waals surface area (Å²) >= 11 is 0. The van der Waals surface area contributed by atoms with Crippen molar-refractivity contribution in [2.45, 2.75) is 33.3 Å². The zero-order valence-corrected chi connectivity index (χ0v) is 34.6. The first-order valence-corrected chi connectivity index (χ1v) is 19.6. The average Bonchev–Trinajstić information content (AvgIpc) is 3.26. The highest BCUT2D eigenvalue weighted by Crippen LogP contribution is 2.42. The van der Waals surface area contributed by atoms with Crippen LogP contribution in [-0.4, -0.2) is 52.5 Å². The second kappa shape index (κ2) is 20.3. The lowest BCUT2D eigenvalue weighted by molar-refractivity contribution is 0.301. The minimum Gasteiger partial charge on any atom is -0.507 e. The number of aromatic nitrogens is 4. The van der Waals surface area contributed by atoms with E-state index in [1.165, 1.54) is 0 Å². The molecule has 0 unspecified atom stereocenters. The van der Waals surface area contributed by atoms with Crippen LogP contribution in [0.4, 0.5) is 23.5 Å². The van der Waals surface area contributed by atoms with Crippen LogP contribution in [0, 0.1) is 0 Å². The Hall–Kier alpha value is -7.74. The Balaban J connectivity index is 0.000000210. The number of nitrogens with two attached hydrogens (primary N) is 4. The standard InChI is InChI=1S/C27H28N4O3.C20H22N4O3/c1-3-33-23-14-19(13-21-16-30-27(29)31-26(21)28)15-24(34-17-18-7-5-4-6-8-18)25(23)20-9-11-22(32-2)12-10-20;1-3-27-17-10-12(8-14-11-23-20(22)24-19(14)21)9-16(25)18(17)13-4-6-15(26-2)7-5-13/h4-12,14-16H,3,13,17H2,1-2H3,(H4,28,29,30,31);4-7,9-11,25H,3,8H2,1-2H3,(H4,21,22,23,24). The Morgan fingerprint density at radius 2 is 0.967 bits per heavy atom. The molecule has 61 heavy (non-hydrogen) atoms. The molecular formula is C47H50N8O6. The van der Waals surface area contributed by atoms with E-state index in [4.69, 9.17) is 46.6 Å². The highest BCUT2D eigenvalue weighted by Gasteiger charge is 2.19. The number of phenolic OH excluding ortho intramolecular Hbond substituents is 1. The fourth-order valence-electron chi connectivity index (χ4n) is 6.56. The molecule has 0 aliphatic rings. The van der Waals surface area contributed by atoms with Gasteiger partial charge in [-0.15, -0.1) is 0 Å². The number of hydrogen-bond acceptors (Lipinski definition) is 14. The molecule has 0 spiro atoms. The molecule has 7 aromatic rings. The number of rotatable bonds is 15. The summed E-state index contributed by atoms with van der Waals surface area (Å²) in [4.78, 5) is 16.1. The Morgan fingerprint density at radius 1 is 0.525 bits per heavy atom. The second-order valence-corrected chi connectivity index (χ2v) is 13.7. The molecule has 0 saturated carbocycles. The molecule has 7 rings (SSSR count). The number of anilines is 4. The summed E-state index contributed by atoms with van der Waals surface area (Å²) < 4.78 is 28.7. The molecule has 0 aliphatic carbocycles. The number of aromatic hydroxyl groups is 1. The molecule has 314 valence electrons. The highest BCUT2D eigenvalue weighted by molar-refractivity contribution is 5.79. The Morgan fingerprint density at radius 3 is 1.43 bits per heavy atom. The predicted molar refractivity (Wildman–Crippen MR) is 239 cm³/mol. The number of nitrogens with zero attached hydrogens (tertiary/aromatic N) is 4. The van der Waals surface area contributed by atoms with Crippen LogP contribution < -0.4 is 46.6 Å². The Kier molecular flexibility index (Phi) is 14.3. The molecule has 0 radical (unpaired) electrons. The van der Waals surface area contributed by atoms with E-state index in [2.05, 4.69) is 19.9 Å². The van der Waals surface area contributed by atoms with Crippen molar-refractivity contribution in [1.82, 2.24) is 19.9 Å². The predicted octanol–water partition coefficient (Wildman–Crippen LogP) is 7.90. The fourth-order valence-corrected chi connectivity index (χ4v) is 6.56. The minimum atomic E-state index is 0.121. The first-order valence-electron chi connectivity index (χ1n) is 19.6. The second-order valence-electron chi connectivity index (χ2n) is 13.7. The van der Waals surface area contributed by atoms with Gasteiger partial charge in [-0.1, -0.05) is 54.6 Å². The number of ether oxygens (including phenoxy) is 5. The van der Waals surface area contributed by atoms with Gasteiger partial charge in [0.2, 0.25) is 11.9 Å². The summed E-state index contributed by atoms with van der Waals surface area (Å²) in [5.74, 6) is 4.63. The molecule has 0 fully saturated rings. The monoisotopic (exact) mass is 822 g/mol. The van der Waals surface area contributed by atoms with Crippen molar-refractivity contribution in [3.8, 4) is 56.8 Å². The third-order valence-electron chi connectivity index (χ3n) is 9.48. The first-order chi connectivity index (χ1) is 29.6. The van der Waals surface area contributed by atoms with E-state index < -0.39 is 0 Å². The van der Waals surface area contributed by atoms with Crippen molar-refractivity contribution >= 4 is 23.5 Å². The largest absolute Gasteiger partial charge is 0.507 e. The van der Waals surface area contributed by atoms with Crippen molar-refractivity contribution in [2.75, 3.05) is 50.4 Å². The molecule has 14 nitrogen and oxygen atoms in total. The highest BCUT2D eigenvalue weighted by atomic mass is 16.5. The Labute approximate surface area is 355 Å². The average molecular weight is 823 g/mol. The van der Waals surface area contributed by atoms with Gasteiger partial charge >= 0.3 is 0 Å². The lowest BCUT2D eigenvalue weighted by Crippen LogP contribution is -2.05. The van der Waals surface area contributed by atoms with Gasteiger partial charge in [0.15, 0.2) is 0 Å². The topological polar surface area (TPSA) is 222 Å². The number of nitrogen functional groups attached to an aromatic ring is 4. The summed E-state index contributed by atoms with van der Waals surface area (Å²) in [7, 11) is 3.26. The molecule has 0 atom stereocenters. The van der Waals surface area contributed by atoms with Crippen molar-refractivity contribution in [3.05, 3.63) is 143 Å². The van der Waals surface area contributed by atoms with Gasteiger partial charge in [-0.3, -0.25) is 0 Å². The van der Waals surface area contributed by atoms with E-state index in [1.807, 2.05) is 111 Å². The summed E-state index contributed by atoms with van der Waals surface area (Å²) in [5.41, 5.74) is 30.9. The first kappa shape index (κ1) is 42.9. The van der Waals surface area contributed by atoms with Crippen molar-refractivity contribution in [1.29, 1.82) is 0 Å². The molecule has 9 N–H and O–H groups in total. The lowest BCUT2D eigenvalue weighted by Gasteiger charge is -2.19. The van der Waals surface area contributed by atoms with Crippen LogP contribution in [-0.2, 0) is 19.4 Å². The van der Waals surface area contributed by atoms with E-state index in [-0.39, 0.29) is 17.6 Å². The van der Waals surface area contributed by atoms with Crippen LogP contribution in [0.3, 0.4) is 0 Å². The molecule has 14 heteroatoms. The van der Waals surface area contributed by atoms with E-state index in [9.17, 15) is 5.11 Å². The van der Waals surface area contributed by atoms with E-state index in [1.54, 1.807) is 32.7 Å². The maximum atomic E-state index is 10.7. The minimum absolute atomic E-state index is 0.121. The molecule has 2 heterocycles. The Bertz CT molecular complexity index is 2540. The van der Waals surface area contributed by atoms with Gasteiger partial charge < -0.3 is 51.7 Å². The van der Waals surface area contributed by atoms with Crippen LogP contribution >= 0.6 is 0 Å². The number of phenols is 1. The van der Waals surface area contributed by atoms with Gasteiger partial charge in [-0.05, 0) is 90.2 Å². The van der Waals surface area contributed by atoms with Crippen molar-refractivity contribution < 1.29 is 28.8 Å². The van der Waals surface area contributed by atoms with Gasteiger partial charge in [-0.2, -0.15) is 9.97 Å². The zero-order valence-electron chi connectivity index (χ0n) is 34.6. The molecule has 0 saturated heterocycles. The maximum Gasteiger partial charge on any atom is 0.221 e. The fraction of sp³-hybridized carbons (Fsp3) is 0.191. The SMILES string of the molecule is CCOc1cc(Cc2cnc(N)nc2N)cc(O)c1-c1ccc(OC)cc1.CCOc1cc(Cc2cnc(N)nc2N)cc(OCc2ccccc2)c1-c1ccc(OC)cc1. The van der Waals surface area contributed by atoms with Crippen molar-refractivity contribution in [3.63, 3.8) is 0 Å². The van der Waals surface area contributed by atoms with Crippen LogP contribution in [0.1, 0.15) is 41.7 Å². The maximum absolute atomic E-state index is 10.7. The van der Waals surface area contributed by atoms with Crippen molar-refractivity contribution in [2.24, 2.45) is 0 Å². The smallest absolute Gasteiger partial charge is 0.221 e. The van der Waals surface area contributed by atoms with Crippen LogP contribution in [0.15, 0.2) is 116 Å². The number of hydrogen-bond donors (Lipinski definition) is 5. The van der Waals surface area contributed by atoms with Gasteiger partial charge in [0.05, 0.1) is 38.6 Å². The molecule has 0 aliphatic heterocycles. The normalized spacial score (nSPS) is 10.6. The molecule has 2 aromatic heterocycles. The van der Waals surface area contributed by atoms with Crippen LogP contribution in [0.2, 0.25) is 0 Å². The van der Waals surface area contributed by atoms with Gasteiger partial charge in [0.1, 0.15) is 52.7 Å². The summed E-state index contributed by atoms with van der Waals surface area (Å²) in [6.45, 7) is 5.26. The third kappa shape index (κ3) is 11.1. The van der Waals surface area contributed by atoms with Gasteiger partial charge in [-0.25, -0.2) is 9.97 Å². The molecule has 0 bridgehead atoms. The van der Waals surface area contributed by atoms with E-state index >= 15 is 0 Å². The van der Waals surface area contributed by atoms with Gasteiger partial charge in [0, 0.05) is 36.4 Å². The lowest BCUT2D eigenvalue weighted by atomic mass is 9.98. The van der Waals surface area contributed by atoms with E-state index in [0.717, 1.165) is 61.8 Å². The van der Waals surface area contributed by atoms with Crippen LogP contribution in [0.5, 0.6) is 34.5 Å². The zero-order chi connectivity index (χ0) is 43.3. The van der Waals surface area contributed by atoms with Crippen LogP contribution in [0.25, 0.3) is 22.3 Å². The molecule has 5 aromatic carbocycles. The third-order valence-corrected chi connectivity index (χ3v) is 9.48. The van der Waals surface area contributed by atoms with E-state index in [0.29, 0.717) is 61.4 Å². The number of benzene rings is 5. The molecular weight excluding hydrogens is 773 g/mol. The summed E-state index contributed by atoms with van der Waals surface area (Å²) in [6.07, 6.45) is 4.20.